The van der Waals surface area contributed by atoms with Crippen molar-refractivity contribution < 1.29 is 32.5 Å². The minimum Gasteiger partial charge on any atom is -0.395 e. The molecule has 0 saturated carbocycles. The molecule has 8 heteroatoms. The SMILES string of the molecule is C.C.CC(=O)C(C)(CO)CO.O=S(=O)(O)O. The number of rotatable bonds is 3. The minimum absolute atomic E-state index is 0. The average Bonchev–Trinajstić information content (AvgIpc) is 1.99. The third-order valence-corrected chi connectivity index (χ3v) is 1.55. The van der Waals surface area contributed by atoms with Crippen LogP contribution in [0.25, 0.3) is 0 Å². The topological polar surface area (TPSA) is 132 Å². The van der Waals surface area contributed by atoms with Crippen molar-refractivity contribution in [2.75, 3.05) is 13.2 Å². The molecule has 7 nitrogen and oxygen atoms in total. The van der Waals surface area contributed by atoms with E-state index < -0.39 is 15.8 Å². The lowest BCUT2D eigenvalue weighted by atomic mass is 9.89. The van der Waals surface area contributed by atoms with Crippen molar-refractivity contribution in [1.29, 1.82) is 0 Å². The molecule has 0 aromatic carbocycles. The number of aliphatic hydroxyl groups excluding tert-OH is 2. The van der Waals surface area contributed by atoms with Gasteiger partial charge < -0.3 is 10.2 Å². The van der Waals surface area contributed by atoms with Gasteiger partial charge in [-0.05, 0) is 13.8 Å². The fraction of sp³-hybridized carbons (Fsp3) is 0.875. The van der Waals surface area contributed by atoms with Crippen LogP contribution in [0.1, 0.15) is 28.7 Å². The molecule has 0 spiro atoms. The summed E-state index contributed by atoms with van der Waals surface area (Å²) < 4.78 is 31.6. The molecular weight excluding hydrogens is 240 g/mol. The van der Waals surface area contributed by atoms with Gasteiger partial charge in [0.15, 0.2) is 0 Å². The molecule has 0 heterocycles. The van der Waals surface area contributed by atoms with Gasteiger partial charge in [-0.15, -0.1) is 0 Å². The van der Waals surface area contributed by atoms with E-state index in [-0.39, 0.29) is 33.9 Å². The van der Waals surface area contributed by atoms with Crippen LogP contribution in [0, 0.1) is 5.41 Å². The maximum absolute atomic E-state index is 10.6. The summed E-state index contributed by atoms with van der Waals surface area (Å²) in [5, 5.41) is 17.1. The molecule has 0 radical (unpaired) electrons. The quantitative estimate of drug-likeness (QED) is 0.533. The third kappa shape index (κ3) is 15.9. The molecule has 0 aromatic rings. The second kappa shape index (κ2) is 9.67. The molecular formula is C8H22O7S. The number of hydrogen-bond acceptors (Lipinski definition) is 5. The van der Waals surface area contributed by atoms with E-state index in [0.29, 0.717) is 0 Å². The Kier molecular flexibility index (Phi) is 14.9. The maximum Gasteiger partial charge on any atom is 0.394 e. The van der Waals surface area contributed by atoms with E-state index >= 15 is 0 Å². The predicted octanol–water partition coefficient (Wildman–Crippen LogP) is 0.186. The van der Waals surface area contributed by atoms with E-state index in [1.54, 1.807) is 0 Å². The highest BCUT2D eigenvalue weighted by Crippen LogP contribution is 2.14. The molecule has 0 aliphatic carbocycles. The van der Waals surface area contributed by atoms with E-state index in [9.17, 15) is 4.79 Å². The number of aliphatic hydroxyl groups is 2. The van der Waals surface area contributed by atoms with Gasteiger partial charge >= 0.3 is 10.4 Å². The number of Topliss-reactive ketones (excluding diaryl/α,β-unsaturated/α-hetero) is 1. The largest absolute Gasteiger partial charge is 0.395 e. The van der Waals surface area contributed by atoms with E-state index in [2.05, 4.69) is 0 Å². The van der Waals surface area contributed by atoms with Gasteiger partial charge in [-0.2, -0.15) is 8.42 Å². The van der Waals surface area contributed by atoms with Crippen LogP contribution in [0.3, 0.4) is 0 Å². The molecule has 0 aliphatic heterocycles. The Hall–Kier alpha value is -0.540. The van der Waals surface area contributed by atoms with Crippen LogP contribution in [0.4, 0.5) is 0 Å². The Balaban J connectivity index is -0.0000000904. The van der Waals surface area contributed by atoms with Crippen molar-refractivity contribution >= 4 is 16.2 Å². The van der Waals surface area contributed by atoms with Gasteiger partial charge in [0, 0.05) is 0 Å². The highest BCUT2D eigenvalue weighted by Gasteiger charge is 2.27. The van der Waals surface area contributed by atoms with Crippen LogP contribution in [0.2, 0.25) is 0 Å². The summed E-state index contributed by atoms with van der Waals surface area (Å²) in [6, 6.07) is 0. The lowest BCUT2D eigenvalue weighted by Crippen LogP contribution is -2.33. The van der Waals surface area contributed by atoms with Crippen molar-refractivity contribution in [3.8, 4) is 0 Å². The first-order valence-electron chi connectivity index (χ1n) is 3.49. The lowest BCUT2D eigenvalue weighted by Gasteiger charge is -2.19. The van der Waals surface area contributed by atoms with Gasteiger partial charge in [0.25, 0.3) is 0 Å². The molecule has 4 N–H and O–H groups in total. The summed E-state index contributed by atoms with van der Waals surface area (Å²) in [4.78, 5) is 10.6. The first kappa shape index (κ1) is 24.6. The van der Waals surface area contributed by atoms with Crippen molar-refractivity contribution in [3.63, 3.8) is 0 Å². The minimum atomic E-state index is -4.67. The van der Waals surface area contributed by atoms with Crippen molar-refractivity contribution in [1.82, 2.24) is 0 Å². The van der Waals surface area contributed by atoms with Crippen molar-refractivity contribution in [2.45, 2.75) is 28.7 Å². The van der Waals surface area contributed by atoms with Crippen LogP contribution in [0.15, 0.2) is 0 Å². The van der Waals surface area contributed by atoms with Gasteiger partial charge in [-0.25, -0.2) is 0 Å². The van der Waals surface area contributed by atoms with E-state index in [4.69, 9.17) is 27.7 Å². The summed E-state index contributed by atoms with van der Waals surface area (Å²) in [6.07, 6.45) is 0. The smallest absolute Gasteiger partial charge is 0.394 e. The molecule has 0 amide bonds. The fourth-order valence-electron chi connectivity index (χ4n) is 0.273. The predicted molar refractivity (Wildman–Crippen MR) is 60.6 cm³/mol. The first-order chi connectivity index (χ1) is 6.06. The van der Waals surface area contributed by atoms with E-state index in [0.717, 1.165) is 0 Å². The zero-order valence-electron chi connectivity index (χ0n) is 7.84. The Morgan fingerprint density at radius 1 is 1.12 bits per heavy atom. The van der Waals surface area contributed by atoms with Crippen molar-refractivity contribution in [3.05, 3.63) is 0 Å². The average molecular weight is 262 g/mol. The lowest BCUT2D eigenvalue weighted by molar-refractivity contribution is -0.130. The van der Waals surface area contributed by atoms with Crippen LogP contribution in [0.5, 0.6) is 0 Å². The van der Waals surface area contributed by atoms with E-state index in [1.165, 1.54) is 13.8 Å². The van der Waals surface area contributed by atoms with E-state index in [1.807, 2.05) is 0 Å². The number of hydrogen-bond donors (Lipinski definition) is 4. The summed E-state index contributed by atoms with van der Waals surface area (Å²) in [6.45, 7) is 2.29. The molecule has 0 fully saturated rings. The molecule has 0 rings (SSSR count). The fourth-order valence-corrected chi connectivity index (χ4v) is 0.273. The standard InChI is InChI=1S/C6H12O3.2CH4.H2O4S/c1-5(9)6(2,3-7)4-8;;;1-5(2,3)4/h7-8H,3-4H2,1-2H3;2*1H4;(H2,1,2,3,4). The second-order valence-corrected chi connectivity index (χ2v) is 3.78. The zero-order chi connectivity index (χ0) is 12.0. The van der Waals surface area contributed by atoms with Crippen LogP contribution < -0.4 is 0 Å². The first-order valence-corrected chi connectivity index (χ1v) is 4.89. The monoisotopic (exact) mass is 262 g/mol. The Morgan fingerprint density at radius 3 is 1.31 bits per heavy atom. The Bertz CT molecular complexity index is 258. The molecule has 0 bridgehead atoms. The highest BCUT2D eigenvalue weighted by atomic mass is 32.3. The Labute approximate surface area is 96.7 Å². The van der Waals surface area contributed by atoms with Crippen LogP contribution in [-0.2, 0) is 15.2 Å². The number of carbonyl (C=O) groups excluding carboxylic acids is 1. The number of carbonyl (C=O) groups is 1. The molecule has 0 aromatic heterocycles. The van der Waals surface area contributed by atoms with Gasteiger partial charge in [-0.3, -0.25) is 13.9 Å². The van der Waals surface area contributed by atoms with Crippen LogP contribution >= 0.6 is 0 Å². The Morgan fingerprint density at radius 2 is 1.31 bits per heavy atom. The highest BCUT2D eigenvalue weighted by molar-refractivity contribution is 7.79. The van der Waals surface area contributed by atoms with Gasteiger partial charge in [-0.1, -0.05) is 14.9 Å². The summed E-state index contributed by atoms with van der Waals surface area (Å²) in [7, 11) is -4.67. The summed E-state index contributed by atoms with van der Waals surface area (Å²) in [5.41, 5.74) is -0.944. The van der Waals surface area contributed by atoms with Gasteiger partial charge in [0.05, 0.1) is 18.6 Å². The van der Waals surface area contributed by atoms with Gasteiger partial charge in [0.1, 0.15) is 5.78 Å². The zero-order valence-corrected chi connectivity index (χ0v) is 8.65. The summed E-state index contributed by atoms with van der Waals surface area (Å²) in [5.74, 6) is -0.187. The molecule has 0 unspecified atom stereocenters. The molecule has 0 saturated heterocycles. The molecule has 16 heavy (non-hydrogen) atoms. The van der Waals surface area contributed by atoms with Crippen LogP contribution in [-0.4, -0.2) is 46.7 Å². The third-order valence-electron chi connectivity index (χ3n) is 1.55. The maximum atomic E-state index is 10.6. The van der Waals surface area contributed by atoms with Gasteiger partial charge in [0.2, 0.25) is 0 Å². The number of ketones is 1. The van der Waals surface area contributed by atoms with Crippen molar-refractivity contribution in [2.24, 2.45) is 5.41 Å². The molecule has 102 valence electrons. The summed E-state index contributed by atoms with van der Waals surface area (Å²) >= 11 is 0. The molecule has 0 aliphatic rings. The normalized spacial score (nSPS) is 10.1. The second-order valence-electron chi connectivity index (χ2n) is 2.88. The molecule has 0 atom stereocenters.